The van der Waals surface area contributed by atoms with E-state index in [0.717, 1.165) is 28.5 Å². The Morgan fingerprint density at radius 2 is 2.00 bits per heavy atom. The van der Waals surface area contributed by atoms with E-state index in [1.165, 1.54) is 0 Å². The highest BCUT2D eigenvalue weighted by molar-refractivity contribution is 5.74. The number of hydrogen-bond acceptors (Lipinski definition) is 3. The van der Waals surface area contributed by atoms with Gasteiger partial charge in [-0.1, -0.05) is 37.3 Å². The minimum absolute atomic E-state index is 0.124. The van der Waals surface area contributed by atoms with Crippen molar-refractivity contribution in [1.82, 2.24) is 9.55 Å². The van der Waals surface area contributed by atoms with Gasteiger partial charge in [0.15, 0.2) is 0 Å². The molecule has 2 aromatic heterocycles. The molecule has 124 valence electrons. The van der Waals surface area contributed by atoms with Gasteiger partial charge < -0.3 is 14.7 Å². The van der Waals surface area contributed by atoms with Crippen LogP contribution in [0, 0.1) is 6.92 Å². The van der Waals surface area contributed by atoms with Gasteiger partial charge in [0.1, 0.15) is 18.1 Å². The van der Waals surface area contributed by atoms with Crippen LogP contribution in [0.3, 0.4) is 0 Å². The van der Waals surface area contributed by atoms with E-state index in [2.05, 4.69) is 11.9 Å². The molecule has 0 bridgehead atoms. The summed E-state index contributed by atoms with van der Waals surface area (Å²) < 4.78 is 7.57. The predicted molar refractivity (Wildman–Crippen MR) is 92.4 cm³/mol. The van der Waals surface area contributed by atoms with Gasteiger partial charge in [-0.05, 0) is 25.5 Å². The average molecular weight is 323 g/mol. The van der Waals surface area contributed by atoms with E-state index in [1.54, 1.807) is 6.33 Å². The lowest BCUT2D eigenvalue weighted by Crippen LogP contribution is -2.20. The van der Waals surface area contributed by atoms with Crippen molar-refractivity contribution in [1.29, 1.82) is 0 Å². The first kappa shape index (κ1) is 16.1. The lowest BCUT2D eigenvalue weighted by molar-refractivity contribution is -0.118. The summed E-state index contributed by atoms with van der Waals surface area (Å²) in [6.07, 6.45) is 2.40. The Balaban J connectivity index is 1.96. The number of carbonyl (C=O) groups is 1. The fourth-order valence-corrected chi connectivity index (χ4v) is 2.87. The van der Waals surface area contributed by atoms with E-state index >= 15 is 0 Å². The second-order valence-electron chi connectivity index (χ2n) is 6.05. The molecule has 0 saturated heterocycles. The Labute approximate surface area is 141 Å². The third kappa shape index (κ3) is 3.40. The number of benzene rings is 1. The molecule has 3 rings (SSSR count). The van der Waals surface area contributed by atoms with Gasteiger partial charge in [-0.15, -0.1) is 0 Å². The summed E-state index contributed by atoms with van der Waals surface area (Å²) in [5.41, 5.74) is 8.28. The van der Waals surface area contributed by atoms with Crippen LogP contribution >= 0.6 is 0 Å². The maximum atomic E-state index is 11.4. The van der Waals surface area contributed by atoms with Crippen molar-refractivity contribution >= 4 is 5.91 Å². The Morgan fingerprint density at radius 1 is 1.25 bits per heavy atom. The zero-order valence-electron chi connectivity index (χ0n) is 13.9. The van der Waals surface area contributed by atoms with Crippen molar-refractivity contribution < 1.29 is 9.21 Å². The highest BCUT2D eigenvalue weighted by atomic mass is 16.3. The van der Waals surface area contributed by atoms with Crippen LogP contribution < -0.4 is 5.73 Å². The number of imidazole rings is 1. The number of furan rings is 1. The predicted octanol–water partition coefficient (Wildman–Crippen LogP) is 3.28. The molecule has 2 N–H and O–H groups in total. The number of primary amides is 1. The van der Waals surface area contributed by atoms with E-state index in [4.69, 9.17) is 10.2 Å². The van der Waals surface area contributed by atoms with Gasteiger partial charge >= 0.3 is 0 Å². The van der Waals surface area contributed by atoms with E-state index in [0.29, 0.717) is 6.42 Å². The second kappa shape index (κ2) is 6.74. The van der Waals surface area contributed by atoms with Gasteiger partial charge in [-0.25, -0.2) is 4.98 Å². The summed E-state index contributed by atoms with van der Waals surface area (Å²) in [7, 11) is 0. The molecule has 0 fully saturated rings. The minimum atomic E-state index is -0.380. The third-order valence-electron chi connectivity index (χ3n) is 4.07. The van der Waals surface area contributed by atoms with Gasteiger partial charge in [0, 0.05) is 17.2 Å². The summed E-state index contributed by atoms with van der Waals surface area (Å²) in [5, 5.41) is 0. The van der Waals surface area contributed by atoms with Crippen LogP contribution in [0.4, 0.5) is 0 Å². The van der Waals surface area contributed by atoms with Crippen LogP contribution in [-0.2, 0) is 17.8 Å². The summed E-state index contributed by atoms with van der Waals surface area (Å²) in [6, 6.07) is 13.9. The molecule has 0 spiro atoms. The molecule has 3 aromatic rings. The Hall–Kier alpha value is -2.82. The molecular weight excluding hydrogens is 302 g/mol. The quantitative estimate of drug-likeness (QED) is 0.756. The summed E-state index contributed by atoms with van der Waals surface area (Å²) in [6.45, 7) is 4.16. The number of nitrogens with zero attached hydrogens (tertiary/aromatic N) is 2. The highest BCUT2D eigenvalue weighted by Crippen LogP contribution is 2.28. The van der Waals surface area contributed by atoms with Crippen molar-refractivity contribution in [2.75, 3.05) is 0 Å². The summed E-state index contributed by atoms with van der Waals surface area (Å²) in [5.74, 6) is 1.61. The van der Waals surface area contributed by atoms with Crippen LogP contribution in [0.1, 0.15) is 30.1 Å². The standard InChI is InChI=1S/C19H21N3O2/c1-13(17-9-8-14(2)24-17)10-16-19(15-6-4-3-5-7-15)21-12-22(16)11-18(20)23/h3-9,12-13H,10-11H2,1-2H3,(H2,20,23). The molecule has 0 aliphatic carbocycles. The fourth-order valence-electron chi connectivity index (χ4n) is 2.87. The lowest BCUT2D eigenvalue weighted by atomic mass is 9.99. The fraction of sp³-hybridized carbons (Fsp3) is 0.263. The molecule has 1 amide bonds. The van der Waals surface area contributed by atoms with Crippen LogP contribution in [0.5, 0.6) is 0 Å². The van der Waals surface area contributed by atoms with Crippen molar-refractivity contribution in [3.8, 4) is 11.3 Å². The number of amides is 1. The van der Waals surface area contributed by atoms with Crippen molar-refractivity contribution in [2.45, 2.75) is 32.7 Å². The van der Waals surface area contributed by atoms with Gasteiger partial charge in [0.05, 0.1) is 12.0 Å². The number of hydrogen-bond donors (Lipinski definition) is 1. The maximum Gasteiger partial charge on any atom is 0.237 e. The van der Waals surface area contributed by atoms with E-state index in [-0.39, 0.29) is 18.4 Å². The average Bonchev–Trinajstić information content (AvgIpc) is 3.15. The maximum absolute atomic E-state index is 11.4. The van der Waals surface area contributed by atoms with Gasteiger partial charge in [-0.3, -0.25) is 4.79 Å². The smallest absolute Gasteiger partial charge is 0.237 e. The van der Waals surface area contributed by atoms with E-state index in [9.17, 15) is 4.79 Å². The van der Waals surface area contributed by atoms with Crippen LogP contribution in [0.25, 0.3) is 11.3 Å². The molecule has 5 heteroatoms. The molecule has 1 unspecified atom stereocenters. The van der Waals surface area contributed by atoms with Crippen LogP contribution in [0.15, 0.2) is 53.2 Å². The first-order valence-electron chi connectivity index (χ1n) is 7.98. The Bertz CT molecular complexity index is 833. The SMILES string of the molecule is Cc1ccc(C(C)Cc2c(-c3ccccc3)ncn2CC(N)=O)o1. The molecule has 0 aliphatic rings. The molecule has 1 atom stereocenters. The number of carbonyl (C=O) groups excluding carboxylic acids is 1. The van der Waals surface area contributed by atoms with Gasteiger partial charge in [0.2, 0.25) is 5.91 Å². The van der Waals surface area contributed by atoms with Crippen molar-refractivity contribution in [3.05, 3.63) is 66.0 Å². The molecule has 0 saturated carbocycles. The molecular formula is C19H21N3O2. The monoisotopic (exact) mass is 323 g/mol. The summed E-state index contributed by atoms with van der Waals surface area (Å²) >= 11 is 0. The van der Waals surface area contributed by atoms with Crippen molar-refractivity contribution in [2.24, 2.45) is 5.73 Å². The van der Waals surface area contributed by atoms with E-state index in [1.807, 2.05) is 54.0 Å². The molecule has 24 heavy (non-hydrogen) atoms. The van der Waals surface area contributed by atoms with Gasteiger partial charge in [0.25, 0.3) is 0 Å². The zero-order valence-corrected chi connectivity index (χ0v) is 13.9. The van der Waals surface area contributed by atoms with E-state index < -0.39 is 0 Å². The number of nitrogens with two attached hydrogens (primary N) is 1. The van der Waals surface area contributed by atoms with Crippen molar-refractivity contribution in [3.63, 3.8) is 0 Å². The molecule has 0 radical (unpaired) electrons. The first-order valence-corrected chi connectivity index (χ1v) is 7.98. The van der Waals surface area contributed by atoms with Crippen LogP contribution in [0.2, 0.25) is 0 Å². The third-order valence-corrected chi connectivity index (χ3v) is 4.07. The Kier molecular flexibility index (Phi) is 4.51. The number of rotatable bonds is 6. The largest absolute Gasteiger partial charge is 0.466 e. The molecule has 1 aromatic carbocycles. The second-order valence-corrected chi connectivity index (χ2v) is 6.05. The highest BCUT2D eigenvalue weighted by Gasteiger charge is 2.19. The summed E-state index contributed by atoms with van der Waals surface area (Å²) in [4.78, 5) is 15.9. The zero-order chi connectivity index (χ0) is 17.1. The Morgan fingerprint density at radius 3 is 2.62 bits per heavy atom. The lowest BCUT2D eigenvalue weighted by Gasteiger charge is -2.13. The number of aryl methyl sites for hydroxylation is 1. The van der Waals surface area contributed by atoms with Crippen LogP contribution in [-0.4, -0.2) is 15.5 Å². The number of aromatic nitrogens is 2. The molecule has 5 nitrogen and oxygen atoms in total. The van der Waals surface area contributed by atoms with Gasteiger partial charge in [-0.2, -0.15) is 0 Å². The topological polar surface area (TPSA) is 74.1 Å². The minimum Gasteiger partial charge on any atom is -0.466 e. The normalized spacial score (nSPS) is 12.2. The molecule has 0 aliphatic heterocycles. The molecule has 2 heterocycles. The first-order chi connectivity index (χ1) is 11.5.